The van der Waals surface area contributed by atoms with Gasteiger partial charge in [-0.25, -0.2) is 8.42 Å². The van der Waals surface area contributed by atoms with Crippen LogP contribution in [0.5, 0.6) is 0 Å². The Hall–Kier alpha value is -3.43. The molecule has 2 heterocycles. The third kappa shape index (κ3) is 6.09. The minimum absolute atomic E-state index is 0.0895. The van der Waals surface area contributed by atoms with Gasteiger partial charge < -0.3 is 15.0 Å². The van der Waals surface area contributed by atoms with Crippen LogP contribution < -0.4 is 14.9 Å². The molecule has 0 atom stereocenters. The van der Waals surface area contributed by atoms with Gasteiger partial charge in [0.05, 0.1) is 18.1 Å². The number of carbonyl (C=O) groups excluding carboxylic acids is 1. The van der Waals surface area contributed by atoms with Crippen molar-refractivity contribution in [3.8, 4) is 0 Å². The van der Waals surface area contributed by atoms with E-state index in [0.717, 1.165) is 24.3 Å². The summed E-state index contributed by atoms with van der Waals surface area (Å²) in [6.45, 7) is 3.47. The lowest BCUT2D eigenvalue weighted by atomic mass is 10.2. The van der Waals surface area contributed by atoms with E-state index in [2.05, 4.69) is 19.9 Å². The second kappa shape index (κ2) is 10.5. The molecule has 0 bridgehead atoms. The van der Waals surface area contributed by atoms with Crippen LogP contribution in [0.25, 0.3) is 0 Å². The van der Waals surface area contributed by atoms with Gasteiger partial charge in [0.15, 0.2) is 0 Å². The fourth-order valence-corrected chi connectivity index (χ4v) is 4.59. The number of amides is 1. The third-order valence-corrected chi connectivity index (χ3v) is 6.74. The zero-order valence-corrected chi connectivity index (χ0v) is 18.9. The lowest BCUT2D eigenvalue weighted by Crippen LogP contribution is -2.36. The Morgan fingerprint density at radius 2 is 1.73 bits per heavy atom. The van der Waals surface area contributed by atoms with Crippen molar-refractivity contribution in [3.63, 3.8) is 0 Å². The fraction of sp³-hybridized carbons (Fsp3) is 0.250. The normalized spacial score (nSPS) is 14.0. The van der Waals surface area contributed by atoms with Gasteiger partial charge in [0.25, 0.3) is 15.9 Å². The molecular weight excluding hydrogens is 440 g/mol. The lowest BCUT2D eigenvalue weighted by Gasteiger charge is -2.28. The summed E-state index contributed by atoms with van der Waals surface area (Å²) < 4.78 is 33.5. The van der Waals surface area contributed by atoms with Crippen LogP contribution >= 0.6 is 0 Å². The van der Waals surface area contributed by atoms with Crippen LogP contribution in [0, 0.1) is 0 Å². The molecule has 9 heteroatoms. The number of rotatable bonds is 8. The third-order valence-electron chi connectivity index (χ3n) is 5.34. The standard InChI is InChI=1S/C24H26N4O4S/c29-24(26-13-11-19-2-1-12-25-18-19)20-3-9-23(10-4-20)33(30,31)27-21-5-7-22(8-6-21)28-14-16-32-17-15-28/h1-10,12,18,27H,11,13-17H2,(H,26,29). The minimum Gasteiger partial charge on any atom is -0.378 e. The highest BCUT2D eigenvalue weighted by molar-refractivity contribution is 7.92. The molecule has 3 aromatic rings. The summed E-state index contributed by atoms with van der Waals surface area (Å²) >= 11 is 0. The molecule has 2 aromatic carbocycles. The minimum atomic E-state index is -3.77. The number of ether oxygens (including phenoxy) is 1. The monoisotopic (exact) mass is 466 g/mol. The largest absolute Gasteiger partial charge is 0.378 e. The second-order valence-electron chi connectivity index (χ2n) is 7.64. The van der Waals surface area contributed by atoms with Crippen molar-refractivity contribution in [2.24, 2.45) is 0 Å². The summed E-state index contributed by atoms with van der Waals surface area (Å²) in [4.78, 5) is 18.7. The summed E-state index contributed by atoms with van der Waals surface area (Å²) in [5.41, 5.74) is 2.93. The summed E-state index contributed by atoms with van der Waals surface area (Å²) in [5, 5.41) is 2.83. The molecule has 1 amide bonds. The number of aromatic nitrogens is 1. The summed E-state index contributed by atoms with van der Waals surface area (Å²) in [6.07, 6.45) is 4.13. The van der Waals surface area contributed by atoms with Crippen molar-refractivity contribution >= 4 is 27.3 Å². The average molecular weight is 467 g/mol. The van der Waals surface area contributed by atoms with E-state index in [1.54, 1.807) is 24.5 Å². The molecule has 172 valence electrons. The van der Waals surface area contributed by atoms with Gasteiger partial charge in [0.1, 0.15) is 0 Å². The van der Waals surface area contributed by atoms with Crippen LogP contribution in [-0.4, -0.2) is 52.2 Å². The molecule has 2 N–H and O–H groups in total. The van der Waals surface area contributed by atoms with Crippen molar-refractivity contribution in [2.75, 3.05) is 42.5 Å². The highest BCUT2D eigenvalue weighted by Crippen LogP contribution is 2.21. The van der Waals surface area contributed by atoms with Gasteiger partial charge in [0.2, 0.25) is 0 Å². The lowest BCUT2D eigenvalue weighted by molar-refractivity contribution is 0.0954. The molecule has 1 aliphatic rings. The van der Waals surface area contributed by atoms with Gasteiger partial charge in [-0.15, -0.1) is 0 Å². The van der Waals surface area contributed by atoms with E-state index in [4.69, 9.17) is 4.74 Å². The topological polar surface area (TPSA) is 101 Å². The Morgan fingerprint density at radius 1 is 1.00 bits per heavy atom. The van der Waals surface area contributed by atoms with Crippen molar-refractivity contribution in [1.29, 1.82) is 0 Å². The number of hydrogen-bond acceptors (Lipinski definition) is 6. The van der Waals surface area contributed by atoms with Crippen molar-refractivity contribution in [1.82, 2.24) is 10.3 Å². The highest BCUT2D eigenvalue weighted by atomic mass is 32.2. The quantitative estimate of drug-likeness (QED) is 0.530. The Balaban J connectivity index is 1.33. The fourth-order valence-electron chi connectivity index (χ4n) is 3.53. The van der Waals surface area contributed by atoms with Crippen molar-refractivity contribution in [2.45, 2.75) is 11.3 Å². The number of benzene rings is 2. The first-order valence-corrected chi connectivity index (χ1v) is 12.2. The van der Waals surface area contributed by atoms with Gasteiger partial charge in [-0.05, 0) is 66.6 Å². The summed E-state index contributed by atoms with van der Waals surface area (Å²) in [6, 6.07) is 16.9. The van der Waals surface area contributed by atoms with E-state index in [1.807, 2.05) is 24.3 Å². The SMILES string of the molecule is O=C(NCCc1cccnc1)c1ccc(S(=O)(=O)Nc2ccc(N3CCOCC3)cc2)cc1. The van der Waals surface area contributed by atoms with Crippen LogP contribution in [0.1, 0.15) is 15.9 Å². The average Bonchev–Trinajstić information content (AvgIpc) is 2.85. The smallest absolute Gasteiger partial charge is 0.261 e. The molecule has 1 aliphatic heterocycles. The first kappa shape index (κ1) is 22.8. The van der Waals surface area contributed by atoms with Crippen molar-refractivity contribution in [3.05, 3.63) is 84.2 Å². The second-order valence-corrected chi connectivity index (χ2v) is 9.33. The number of nitrogens with one attached hydrogen (secondary N) is 2. The first-order valence-electron chi connectivity index (χ1n) is 10.7. The maximum Gasteiger partial charge on any atom is 0.261 e. The molecule has 0 saturated carbocycles. The first-order chi connectivity index (χ1) is 16.0. The van der Waals surface area contributed by atoms with Crippen LogP contribution in [0.15, 0.2) is 78.0 Å². The van der Waals surface area contributed by atoms with E-state index < -0.39 is 10.0 Å². The van der Waals surface area contributed by atoms with Gasteiger partial charge in [-0.2, -0.15) is 0 Å². The number of pyridine rings is 1. The molecule has 8 nitrogen and oxygen atoms in total. The zero-order valence-electron chi connectivity index (χ0n) is 18.1. The molecule has 1 aromatic heterocycles. The number of sulfonamides is 1. The molecular formula is C24H26N4O4S. The van der Waals surface area contributed by atoms with E-state index in [1.165, 1.54) is 24.3 Å². The molecule has 0 radical (unpaired) electrons. The molecule has 4 rings (SSSR count). The van der Waals surface area contributed by atoms with Crippen molar-refractivity contribution < 1.29 is 17.9 Å². The number of anilines is 2. The van der Waals surface area contributed by atoms with Crippen LogP contribution in [0.4, 0.5) is 11.4 Å². The van der Waals surface area contributed by atoms with Crippen LogP contribution in [0.2, 0.25) is 0 Å². The Bertz CT molecular complexity index is 1160. The Kier molecular flexibility index (Phi) is 7.21. The summed E-state index contributed by atoms with van der Waals surface area (Å²) in [5.74, 6) is -0.255. The predicted octanol–water partition coefficient (Wildman–Crippen LogP) is 2.69. The molecule has 1 saturated heterocycles. The number of morpholine rings is 1. The van der Waals surface area contributed by atoms with Crippen LogP contribution in [-0.2, 0) is 21.2 Å². The maximum atomic E-state index is 12.8. The highest BCUT2D eigenvalue weighted by Gasteiger charge is 2.16. The van der Waals surface area contributed by atoms with Gasteiger partial charge in [0, 0.05) is 49.0 Å². The Morgan fingerprint density at radius 3 is 2.39 bits per heavy atom. The van der Waals surface area contributed by atoms with Crippen LogP contribution in [0.3, 0.4) is 0 Å². The van der Waals surface area contributed by atoms with Gasteiger partial charge >= 0.3 is 0 Å². The number of nitrogens with zero attached hydrogens (tertiary/aromatic N) is 2. The van der Waals surface area contributed by atoms with E-state index in [-0.39, 0.29) is 10.8 Å². The van der Waals surface area contributed by atoms with E-state index in [0.29, 0.717) is 37.4 Å². The molecule has 0 spiro atoms. The maximum absolute atomic E-state index is 12.8. The Labute approximate surface area is 193 Å². The number of carbonyl (C=O) groups is 1. The van der Waals surface area contributed by atoms with E-state index in [9.17, 15) is 13.2 Å². The molecule has 0 unspecified atom stereocenters. The van der Waals surface area contributed by atoms with Gasteiger partial charge in [-0.1, -0.05) is 6.07 Å². The summed E-state index contributed by atoms with van der Waals surface area (Å²) in [7, 11) is -3.77. The molecule has 0 aliphatic carbocycles. The molecule has 1 fully saturated rings. The zero-order chi connectivity index (χ0) is 23.1. The predicted molar refractivity (Wildman–Crippen MR) is 127 cm³/mol. The number of hydrogen-bond donors (Lipinski definition) is 2. The van der Waals surface area contributed by atoms with E-state index >= 15 is 0 Å². The molecule has 33 heavy (non-hydrogen) atoms. The van der Waals surface area contributed by atoms with Gasteiger partial charge in [-0.3, -0.25) is 14.5 Å².